The molecule has 0 bridgehead atoms. The van der Waals surface area contributed by atoms with Crippen LogP contribution < -0.4 is 5.32 Å². The quantitative estimate of drug-likeness (QED) is 0.859. The summed E-state index contributed by atoms with van der Waals surface area (Å²) in [7, 11) is 0. The van der Waals surface area contributed by atoms with Crippen LogP contribution >= 0.6 is 11.6 Å². The Morgan fingerprint density at radius 3 is 2.63 bits per heavy atom. The van der Waals surface area contributed by atoms with Gasteiger partial charge in [0, 0.05) is 18.1 Å². The monoisotopic (exact) mass is 283 g/mol. The second kappa shape index (κ2) is 6.06. The van der Waals surface area contributed by atoms with E-state index < -0.39 is 0 Å². The predicted molar refractivity (Wildman–Crippen MR) is 77.9 cm³/mol. The highest BCUT2D eigenvalue weighted by Crippen LogP contribution is 2.25. The molecule has 19 heavy (non-hydrogen) atoms. The lowest BCUT2D eigenvalue weighted by Gasteiger charge is -2.22. The Morgan fingerprint density at radius 1 is 1.32 bits per heavy atom. The molecule has 106 valence electrons. The van der Waals surface area contributed by atoms with E-state index >= 15 is 0 Å². The molecule has 2 rings (SSSR count). The molecular formula is C14H22ClN3O. The number of aromatic nitrogens is 2. The van der Waals surface area contributed by atoms with Crippen LogP contribution in [0.5, 0.6) is 0 Å². The second-order valence-electron chi connectivity index (χ2n) is 5.49. The van der Waals surface area contributed by atoms with Crippen LogP contribution in [0.2, 0.25) is 5.15 Å². The van der Waals surface area contributed by atoms with Crippen LogP contribution in [-0.4, -0.2) is 28.7 Å². The fraction of sp³-hybridized carbons (Fsp3) is 0.714. The van der Waals surface area contributed by atoms with Crippen molar-refractivity contribution in [3.63, 3.8) is 0 Å². The maximum atomic E-state index is 6.18. The maximum Gasteiger partial charge on any atom is 0.137 e. The summed E-state index contributed by atoms with van der Waals surface area (Å²) in [6.45, 7) is 9.05. The molecule has 2 heterocycles. The Hall–Kier alpha value is -0.870. The summed E-state index contributed by atoms with van der Waals surface area (Å²) in [6.07, 6.45) is 2.50. The smallest absolute Gasteiger partial charge is 0.137 e. The van der Waals surface area contributed by atoms with E-state index in [9.17, 15) is 0 Å². The van der Waals surface area contributed by atoms with Crippen LogP contribution in [0.15, 0.2) is 0 Å². The first-order valence-corrected chi connectivity index (χ1v) is 7.29. The molecule has 2 unspecified atom stereocenters. The van der Waals surface area contributed by atoms with Crippen molar-refractivity contribution >= 4 is 17.4 Å². The van der Waals surface area contributed by atoms with Gasteiger partial charge in [-0.05, 0) is 26.7 Å². The lowest BCUT2D eigenvalue weighted by atomic mass is 10.1. The summed E-state index contributed by atoms with van der Waals surface area (Å²) in [6, 6.07) is 0.229. The second-order valence-corrected chi connectivity index (χ2v) is 5.84. The van der Waals surface area contributed by atoms with Crippen molar-refractivity contribution in [2.45, 2.75) is 58.6 Å². The SMILES string of the molecule is Cc1c(Cl)nc(C(C)C)nc1NC(C)C1CCCO1. The number of ether oxygens (including phenoxy) is 1. The summed E-state index contributed by atoms with van der Waals surface area (Å²) in [5, 5.41) is 3.96. The highest BCUT2D eigenvalue weighted by molar-refractivity contribution is 6.30. The van der Waals surface area contributed by atoms with Crippen LogP contribution in [-0.2, 0) is 4.74 Å². The molecule has 4 nitrogen and oxygen atoms in total. The van der Waals surface area contributed by atoms with Gasteiger partial charge in [0.25, 0.3) is 0 Å². The minimum Gasteiger partial charge on any atom is -0.376 e. The van der Waals surface area contributed by atoms with Gasteiger partial charge in [0.1, 0.15) is 16.8 Å². The van der Waals surface area contributed by atoms with E-state index in [1.807, 2.05) is 6.92 Å². The first kappa shape index (κ1) is 14.5. The average molecular weight is 284 g/mol. The number of halogens is 1. The van der Waals surface area contributed by atoms with E-state index in [1.54, 1.807) is 0 Å². The summed E-state index contributed by atoms with van der Waals surface area (Å²) in [5.74, 6) is 1.86. The average Bonchev–Trinajstić information content (AvgIpc) is 2.88. The Bertz CT molecular complexity index is 445. The fourth-order valence-corrected chi connectivity index (χ4v) is 2.39. The predicted octanol–water partition coefficient (Wildman–Crippen LogP) is 3.54. The molecule has 1 aliphatic rings. The summed E-state index contributed by atoms with van der Waals surface area (Å²) < 4.78 is 5.70. The van der Waals surface area contributed by atoms with E-state index in [4.69, 9.17) is 16.3 Å². The molecule has 5 heteroatoms. The number of nitrogens with one attached hydrogen (secondary N) is 1. The van der Waals surface area contributed by atoms with Gasteiger partial charge >= 0.3 is 0 Å². The maximum absolute atomic E-state index is 6.18. The molecule has 0 aromatic carbocycles. The van der Waals surface area contributed by atoms with Crippen molar-refractivity contribution in [1.29, 1.82) is 0 Å². The number of anilines is 1. The molecule has 1 N–H and O–H groups in total. The molecule has 1 fully saturated rings. The largest absolute Gasteiger partial charge is 0.376 e. The van der Waals surface area contributed by atoms with Gasteiger partial charge in [-0.25, -0.2) is 9.97 Å². The van der Waals surface area contributed by atoms with Gasteiger partial charge in [-0.15, -0.1) is 0 Å². The van der Waals surface area contributed by atoms with E-state index in [0.29, 0.717) is 5.15 Å². The summed E-state index contributed by atoms with van der Waals surface area (Å²) in [4.78, 5) is 8.90. The molecule has 0 radical (unpaired) electrons. The highest BCUT2D eigenvalue weighted by atomic mass is 35.5. The van der Waals surface area contributed by atoms with Crippen LogP contribution in [0, 0.1) is 6.92 Å². The molecule has 1 aromatic rings. The van der Waals surface area contributed by atoms with Gasteiger partial charge in [0.2, 0.25) is 0 Å². The van der Waals surface area contributed by atoms with Crippen molar-refractivity contribution in [3.05, 3.63) is 16.5 Å². The molecular weight excluding hydrogens is 262 g/mol. The van der Waals surface area contributed by atoms with E-state index in [1.165, 1.54) is 0 Å². The topological polar surface area (TPSA) is 47.0 Å². The first-order chi connectivity index (χ1) is 8.99. The van der Waals surface area contributed by atoms with Crippen LogP contribution in [0.1, 0.15) is 50.9 Å². The third-order valence-corrected chi connectivity index (χ3v) is 3.88. The number of nitrogens with zero attached hydrogens (tertiary/aromatic N) is 2. The Morgan fingerprint density at radius 2 is 2.05 bits per heavy atom. The first-order valence-electron chi connectivity index (χ1n) is 6.91. The lowest BCUT2D eigenvalue weighted by molar-refractivity contribution is 0.0995. The Balaban J connectivity index is 2.18. The van der Waals surface area contributed by atoms with Gasteiger partial charge in [-0.1, -0.05) is 25.4 Å². The van der Waals surface area contributed by atoms with E-state index in [-0.39, 0.29) is 18.1 Å². The number of hydrogen-bond acceptors (Lipinski definition) is 4. The zero-order chi connectivity index (χ0) is 14.0. The number of rotatable bonds is 4. The van der Waals surface area contributed by atoms with Crippen molar-refractivity contribution in [2.24, 2.45) is 0 Å². The minimum absolute atomic E-state index is 0.229. The summed E-state index contributed by atoms with van der Waals surface area (Å²) >= 11 is 6.18. The van der Waals surface area contributed by atoms with Crippen molar-refractivity contribution in [1.82, 2.24) is 9.97 Å². The molecule has 0 spiro atoms. The van der Waals surface area contributed by atoms with Crippen molar-refractivity contribution < 1.29 is 4.74 Å². The van der Waals surface area contributed by atoms with Gasteiger partial charge in [-0.2, -0.15) is 0 Å². The van der Waals surface area contributed by atoms with E-state index in [0.717, 1.165) is 36.7 Å². The Labute approximate surface area is 119 Å². The normalized spacial score (nSPS) is 20.8. The van der Waals surface area contributed by atoms with E-state index in [2.05, 4.69) is 36.1 Å². The van der Waals surface area contributed by atoms with Gasteiger partial charge < -0.3 is 10.1 Å². The van der Waals surface area contributed by atoms with Crippen LogP contribution in [0.4, 0.5) is 5.82 Å². The highest BCUT2D eigenvalue weighted by Gasteiger charge is 2.23. The molecule has 0 saturated carbocycles. The molecule has 2 atom stereocenters. The third-order valence-electron chi connectivity index (χ3n) is 3.51. The van der Waals surface area contributed by atoms with Crippen LogP contribution in [0.25, 0.3) is 0 Å². The standard InChI is InChI=1S/C14H22ClN3O/c1-8(2)13-17-12(15)9(3)14(18-13)16-10(4)11-6-5-7-19-11/h8,10-11H,5-7H2,1-4H3,(H,16,17,18). The molecule has 0 amide bonds. The number of hydrogen-bond donors (Lipinski definition) is 1. The van der Waals surface area contributed by atoms with Gasteiger partial charge in [-0.3, -0.25) is 0 Å². The van der Waals surface area contributed by atoms with Crippen LogP contribution in [0.3, 0.4) is 0 Å². The zero-order valence-electron chi connectivity index (χ0n) is 12.0. The molecule has 1 aromatic heterocycles. The zero-order valence-corrected chi connectivity index (χ0v) is 12.8. The minimum atomic E-state index is 0.229. The fourth-order valence-electron chi connectivity index (χ4n) is 2.21. The van der Waals surface area contributed by atoms with Crippen molar-refractivity contribution in [2.75, 3.05) is 11.9 Å². The third kappa shape index (κ3) is 3.37. The summed E-state index contributed by atoms with van der Waals surface area (Å²) in [5.41, 5.74) is 0.899. The van der Waals surface area contributed by atoms with Crippen molar-refractivity contribution in [3.8, 4) is 0 Å². The lowest BCUT2D eigenvalue weighted by Crippen LogP contribution is -2.31. The van der Waals surface area contributed by atoms with Gasteiger partial charge in [0.05, 0.1) is 12.1 Å². The molecule has 1 saturated heterocycles. The molecule has 1 aliphatic heterocycles. The van der Waals surface area contributed by atoms with Gasteiger partial charge in [0.15, 0.2) is 0 Å². The molecule has 0 aliphatic carbocycles. The Kier molecular flexibility index (Phi) is 4.63.